The van der Waals surface area contributed by atoms with Crippen molar-refractivity contribution in [3.8, 4) is 0 Å². The number of hydrogen-bond acceptors (Lipinski definition) is 4. The highest BCUT2D eigenvalue weighted by Crippen LogP contribution is 2.65. The minimum Gasteiger partial charge on any atom is -0.396 e. The molecule has 1 N–H and O–H groups in total. The third-order valence-electron chi connectivity index (χ3n) is 9.76. The Balaban J connectivity index is 1.65. The first-order valence-electron chi connectivity index (χ1n) is 12.7. The van der Waals surface area contributed by atoms with E-state index in [0.717, 1.165) is 64.7 Å². The lowest BCUT2D eigenvalue weighted by molar-refractivity contribution is -0.143. The molecule has 5 nitrogen and oxygen atoms in total. The molecular formula is C26H42N2O3. The molecule has 4 aliphatic rings. The first-order chi connectivity index (χ1) is 14.8. The quantitative estimate of drug-likeness (QED) is 0.695. The molecule has 0 unspecified atom stereocenters. The van der Waals surface area contributed by atoms with Crippen LogP contribution in [0.1, 0.15) is 72.6 Å². The van der Waals surface area contributed by atoms with Gasteiger partial charge in [-0.3, -0.25) is 9.59 Å². The fourth-order valence-electron chi connectivity index (χ4n) is 8.05. The van der Waals surface area contributed by atoms with E-state index < -0.39 is 0 Å². The molecule has 1 amide bonds. The molecule has 6 atom stereocenters. The van der Waals surface area contributed by atoms with Crippen molar-refractivity contribution in [2.45, 2.75) is 72.6 Å². The zero-order valence-corrected chi connectivity index (χ0v) is 20.0. The number of rotatable bonds is 6. The summed E-state index contributed by atoms with van der Waals surface area (Å²) in [6.07, 6.45) is 8.73. The van der Waals surface area contributed by atoms with Crippen molar-refractivity contribution in [2.24, 2.45) is 34.5 Å². The topological polar surface area (TPSA) is 60.9 Å². The highest BCUT2D eigenvalue weighted by molar-refractivity contribution is 5.91. The number of piperidine rings is 1. The van der Waals surface area contributed by atoms with Gasteiger partial charge in [-0.2, -0.15) is 0 Å². The standard InChI is InChI=1S/C26H42N2O3/c1-5-27(6-2)24(31)22-9-8-20-19-17-28(14-7-15-29)23-16-18(30)10-12-26(23,4)21(19)11-13-25(20,22)3/h16,19-22,29H,5-15,17H2,1-4H3/t19-,20-,21-,22+,25-,26+/m0/s1. The summed E-state index contributed by atoms with van der Waals surface area (Å²) in [4.78, 5) is 30.2. The van der Waals surface area contributed by atoms with Gasteiger partial charge < -0.3 is 14.9 Å². The van der Waals surface area contributed by atoms with Crippen LogP contribution in [0.5, 0.6) is 0 Å². The van der Waals surface area contributed by atoms with Crippen LogP contribution in [0.3, 0.4) is 0 Å². The van der Waals surface area contributed by atoms with Crippen molar-refractivity contribution in [1.29, 1.82) is 0 Å². The Bertz CT molecular complexity index is 745. The molecule has 1 heterocycles. The monoisotopic (exact) mass is 430 g/mol. The van der Waals surface area contributed by atoms with Gasteiger partial charge in [0.15, 0.2) is 5.78 Å². The van der Waals surface area contributed by atoms with E-state index in [1.54, 1.807) is 0 Å². The molecule has 0 radical (unpaired) electrons. The molecule has 0 aromatic carbocycles. The molecule has 0 spiro atoms. The number of aliphatic hydroxyl groups excluding tert-OH is 1. The van der Waals surface area contributed by atoms with Crippen molar-refractivity contribution in [3.63, 3.8) is 0 Å². The summed E-state index contributed by atoms with van der Waals surface area (Å²) >= 11 is 0. The highest BCUT2D eigenvalue weighted by Gasteiger charge is 2.61. The third-order valence-corrected chi connectivity index (χ3v) is 9.76. The summed E-state index contributed by atoms with van der Waals surface area (Å²) in [6.45, 7) is 12.6. The maximum atomic E-state index is 13.4. The maximum absolute atomic E-state index is 13.4. The number of aliphatic hydroxyl groups is 1. The van der Waals surface area contributed by atoms with Crippen molar-refractivity contribution in [2.75, 3.05) is 32.8 Å². The molecule has 31 heavy (non-hydrogen) atoms. The van der Waals surface area contributed by atoms with Gasteiger partial charge in [0.2, 0.25) is 5.91 Å². The Morgan fingerprint density at radius 1 is 1.16 bits per heavy atom. The van der Waals surface area contributed by atoms with Gasteiger partial charge in [0, 0.05) is 62.3 Å². The second-order valence-corrected chi connectivity index (χ2v) is 11.0. The van der Waals surface area contributed by atoms with Gasteiger partial charge >= 0.3 is 0 Å². The van der Waals surface area contributed by atoms with Crippen LogP contribution in [-0.2, 0) is 9.59 Å². The molecule has 4 rings (SSSR count). The summed E-state index contributed by atoms with van der Waals surface area (Å²) in [5.74, 6) is 2.52. The molecule has 0 bridgehead atoms. The van der Waals surface area contributed by atoms with Gasteiger partial charge in [0.25, 0.3) is 0 Å². The summed E-state index contributed by atoms with van der Waals surface area (Å²) in [5.41, 5.74) is 1.37. The van der Waals surface area contributed by atoms with E-state index in [4.69, 9.17) is 0 Å². The predicted octanol–water partition coefficient (Wildman–Crippen LogP) is 3.86. The van der Waals surface area contributed by atoms with Crippen LogP contribution in [0, 0.1) is 34.5 Å². The molecule has 5 heteroatoms. The fraction of sp³-hybridized carbons (Fsp3) is 0.846. The average molecular weight is 431 g/mol. The van der Waals surface area contributed by atoms with Crippen LogP contribution in [-0.4, -0.2) is 59.4 Å². The first-order valence-corrected chi connectivity index (χ1v) is 12.7. The van der Waals surface area contributed by atoms with E-state index >= 15 is 0 Å². The molecule has 3 aliphatic carbocycles. The molecule has 2 saturated carbocycles. The van der Waals surface area contributed by atoms with Gasteiger partial charge in [0.05, 0.1) is 0 Å². The number of hydrogen-bond donors (Lipinski definition) is 1. The van der Waals surface area contributed by atoms with Crippen LogP contribution < -0.4 is 0 Å². The minimum atomic E-state index is 0.0502. The fourth-order valence-corrected chi connectivity index (χ4v) is 8.05. The van der Waals surface area contributed by atoms with Crippen LogP contribution in [0.15, 0.2) is 11.8 Å². The molecule has 0 aromatic rings. The SMILES string of the molecule is CCN(CC)C(=O)[C@H]1CC[C@H]2[C@@H]3CN(CCCO)C4=CC(=O)CC[C@]4(C)[C@H]3CC[C@]12C. The Labute approximate surface area is 188 Å². The Hall–Kier alpha value is -1.36. The number of likely N-dealkylation sites (tertiary alicyclic amines) is 1. The molecular weight excluding hydrogens is 388 g/mol. The first kappa shape index (κ1) is 22.8. The number of allylic oxidation sites excluding steroid dienone is 2. The largest absolute Gasteiger partial charge is 0.396 e. The molecule has 1 aliphatic heterocycles. The number of fused-ring (bicyclic) bond motifs is 5. The maximum Gasteiger partial charge on any atom is 0.226 e. The number of carbonyl (C=O) groups is 2. The zero-order valence-electron chi connectivity index (χ0n) is 20.0. The van der Waals surface area contributed by atoms with Crippen molar-refractivity contribution < 1.29 is 14.7 Å². The van der Waals surface area contributed by atoms with E-state index in [0.29, 0.717) is 30.1 Å². The second-order valence-electron chi connectivity index (χ2n) is 11.0. The zero-order chi connectivity index (χ0) is 22.4. The summed E-state index contributed by atoms with van der Waals surface area (Å²) in [7, 11) is 0. The van der Waals surface area contributed by atoms with E-state index in [2.05, 4.69) is 32.6 Å². The lowest BCUT2D eigenvalue weighted by Crippen LogP contribution is -2.58. The number of nitrogens with zero attached hydrogens (tertiary/aromatic N) is 2. The van der Waals surface area contributed by atoms with Gasteiger partial charge in [-0.05, 0) is 75.5 Å². The molecule has 1 saturated heterocycles. The van der Waals surface area contributed by atoms with Gasteiger partial charge in [0.1, 0.15) is 0 Å². The van der Waals surface area contributed by atoms with Crippen molar-refractivity contribution in [3.05, 3.63) is 11.8 Å². The van der Waals surface area contributed by atoms with Crippen LogP contribution in [0.4, 0.5) is 0 Å². The Morgan fingerprint density at radius 3 is 2.58 bits per heavy atom. The normalized spacial score (nSPS) is 39.5. The van der Waals surface area contributed by atoms with Crippen molar-refractivity contribution in [1.82, 2.24) is 9.80 Å². The van der Waals surface area contributed by atoms with E-state index in [-0.39, 0.29) is 29.1 Å². The molecule has 174 valence electrons. The Kier molecular flexibility index (Phi) is 6.28. The summed E-state index contributed by atoms with van der Waals surface area (Å²) in [6, 6.07) is 0. The lowest BCUT2D eigenvalue weighted by atomic mass is 9.49. The van der Waals surface area contributed by atoms with Crippen LogP contribution in [0.25, 0.3) is 0 Å². The van der Waals surface area contributed by atoms with E-state index in [1.165, 1.54) is 5.70 Å². The highest BCUT2D eigenvalue weighted by atomic mass is 16.3. The van der Waals surface area contributed by atoms with Crippen LogP contribution >= 0.6 is 0 Å². The number of carbonyl (C=O) groups excluding carboxylic acids is 2. The minimum absolute atomic E-state index is 0.0502. The number of amides is 1. The average Bonchev–Trinajstić information content (AvgIpc) is 3.11. The lowest BCUT2D eigenvalue weighted by Gasteiger charge is -2.61. The van der Waals surface area contributed by atoms with E-state index in [1.807, 2.05) is 11.0 Å². The predicted molar refractivity (Wildman–Crippen MR) is 122 cm³/mol. The Morgan fingerprint density at radius 2 is 1.90 bits per heavy atom. The third kappa shape index (κ3) is 3.55. The summed E-state index contributed by atoms with van der Waals surface area (Å²) < 4.78 is 0. The number of ketones is 1. The molecule has 3 fully saturated rings. The molecule has 0 aromatic heterocycles. The van der Waals surface area contributed by atoms with Gasteiger partial charge in [-0.1, -0.05) is 13.8 Å². The van der Waals surface area contributed by atoms with E-state index in [9.17, 15) is 14.7 Å². The summed E-state index contributed by atoms with van der Waals surface area (Å²) in [5, 5.41) is 9.47. The van der Waals surface area contributed by atoms with Crippen molar-refractivity contribution >= 4 is 11.7 Å². The van der Waals surface area contributed by atoms with Gasteiger partial charge in [-0.15, -0.1) is 0 Å². The smallest absolute Gasteiger partial charge is 0.226 e. The second kappa shape index (κ2) is 8.53. The van der Waals surface area contributed by atoms with Crippen LogP contribution in [0.2, 0.25) is 0 Å². The van der Waals surface area contributed by atoms with Gasteiger partial charge in [-0.25, -0.2) is 0 Å².